The first-order valence-corrected chi connectivity index (χ1v) is 9.84. The molecule has 0 bridgehead atoms. The van der Waals surface area contributed by atoms with E-state index in [1.54, 1.807) is 13.8 Å². The maximum absolute atomic E-state index is 12.2. The molecule has 0 saturated carbocycles. The number of urea groups is 1. The van der Waals surface area contributed by atoms with Crippen molar-refractivity contribution >= 4 is 35.7 Å². The Kier molecular flexibility index (Phi) is 12.3. The number of carboxylic acid groups (broad SMARTS) is 2. The van der Waals surface area contributed by atoms with E-state index in [9.17, 15) is 33.9 Å². The molecule has 1 rings (SSSR count). The van der Waals surface area contributed by atoms with Gasteiger partial charge in [0.15, 0.2) is 6.04 Å². The van der Waals surface area contributed by atoms with Crippen molar-refractivity contribution in [1.82, 2.24) is 15.3 Å². The van der Waals surface area contributed by atoms with Crippen LogP contribution in [0.25, 0.3) is 0 Å². The van der Waals surface area contributed by atoms with Gasteiger partial charge < -0.3 is 38.5 Å². The van der Waals surface area contributed by atoms with Crippen molar-refractivity contribution in [2.24, 2.45) is 28.9 Å². The van der Waals surface area contributed by atoms with E-state index in [1.165, 1.54) is 0 Å². The minimum atomic E-state index is -1.39. The zero-order chi connectivity index (χ0) is 25.9. The predicted octanol–water partition coefficient (Wildman–Crippen LogP) is -2.76. The highest BCUT2D eigenvalue weighted by Gasteiger charge is 2.42. The molecule has 1 aliphatic heterocycles. The number of nitrogens with one attached hydrogen (secondary N) is 1. The van der Waals surface area contributed by atoms with Crippen LogP contribution in [0.2, 0.25) is 0 Å². The van der Waals surface area contributed by atoms with E-state index in [2.05, 4.69) is 5.32 Å². The molecule has 0 aliphatic carbocycles. The first-order chi connectivity index (χ1) is 15.2. The molecule has 33 heavy (non-hydrogen) atoms. The summed E-state index contributed by atoms with van der Waals surface area (Å²) in [6.45, 7) is 3.47. The van der Waals surface area contributed by atoms with E-state index < -0.39 is 66.3 Å². The first-order valence-electron chi connectivity index (χ1n) is 9.84. The third-order valence-electron chi connectivity index (χ3n) is 4.12. The fourth-order valence-corrected chi connectivity index (χ4v) is 2.62. The highest BCUT2D eigenvalue weighted by atomic mass is 16.4. The molecule has 186 valence electrons. The molecule has 0 radical (unpaired) electrons. The van der Waals surface area contributed by atoms with Gasteiger partial charge in [-0.25, -0.2) is 14.6 Å². The molecule has 0 aromatic rings. The van der Waals surface area contributed by atoms with Gasteiger partial charge in [0.05, 0.1) is 12.6 Å². The third-order valence-corrected chi connectivity index (χ3v) is 4.12. The molecule has 0 fully saturated rings. The van der Waals surface area contributed by atoms with Crippen LogP contribution < -0.4 is 28.3 Å². The Morgan fingerprint density at radius 3 is 1.91 bits per heavy atom. The van der Waals surface area contributed by atoms with Gasteiger partial charge in [-0.2, -0.15) is 5.01 Å². The summed E-state index contributed by atoms with van der Waals surface area (Å²) in [5, 5.41) is 21.1. The van der Waals surface area contributed by atoms with Crippen molar-refractivity contribution in [2.75, 3.05) is 6.54 Å². The van der Waals surface area contributed by atoms with Crippen LogP contribution in [-0.2, 0) is 24.0 Å². The highest BCUT2D eigenvalue weighted by Crippen LogP contribution is 2.19. The van der Waals surface area contributed by atoms with Crippen molar-refractivity contribution in [2.45, 2.75) is 51.4 Å². The number of nitrogens with zero attached hydrogens (tertiary/aromatic N) is 2. The molecule has 15 heteroatoms. The summed E-state index contributed by atoms with van der Waals surface area (Å²) >= 11 is 0. The van der Waals surface area contributed by atoms with Gasteiger partial charge in [-0.1, -0.05) is 13.8 Å². The van der Waals surface area contributed by atoms with Gasteiger partial charge in [0.25, 0.3) is 11.8 Å². The first kappa shape index (κ1) is 29.4. The zero-order valence-corrected chi connectivity index (χ0v) is 18.3. The predicted molar refractivity (Wildman–Crippen MR) is 113 cm³/mol. The van der Waals surface area contributed by atoms with Gasteiger partial charge in [0, 0.05) is 18.7 Å². The molecule has 1 aliphatic rings. The van der Waals surface area contributed by atoms with Crippen LogP contribution in [0.3, 0.4) is 0 Å². The average Bonchev–Trinajstić information content (AvgIpc) is 3.00. The van der Waals surface area contributed by atoms with Gasteiger partial charge in [0.1, 0.15) is 6.04 Å². The third kappa shape index (κ3) is 10.1. The summed E-state index contributed by atoms with van der Waals surface area (Å²) in [4.78, 5) is 67.4. The Morgan fingerprint density at radius 1 is 1.03 bits per heavy atom. The van der Waals surface area contributed by atoms with Crippen molar-refractivity contribution < 1.29 is 39.0 Å². The number of imide groups is 1. The van der Waals surface area contributed by atoms with Gasteiger partial charge in [0.2, 0.25) is 5.91 Å². The Bertz CT molecular complexity index is 766. The number of rotatable bonds is 11. The number of carbonyl (C=O) groups is 6. The van der Waals surface area contributed by atoms with Crippen molar-refractivity contribution in [3.8, 4) is 0 Å². The standard InChI is InChI=1S/C12H18N4O5.C6H13N3O3/c1-6(2)11(12(20)21)16(10(19)5-7(13)14)15-8(17)3-4-9(15)18;7-4(5(10)11)2-1-3-9-6(8)12/h3-4,6-7,11H,5,13-14H2,1-2H3,(H,20,21);4H,1-3,7H2,(H,10,11)(H3,8,9,12). The van der Waals surface area contributed by atoms with E-state index in [0.717, 1.165) is 12.2 Å². The van der Waals surface area contributed by atoms with Crippen LogP contribution >= 0.6 is 0 Å². The second-order valence-corrected chi connectivity index (χ2v) is 7.33. The number of nitrogens with two attached hydrogens (primary N) is 4. The quantitative estimate of drug-likeness (QED) is 0.0917. The number of carboxylic acids is 2. The van der Waals surface area contributed by atoms with E-state index in [0.29, 0.717) is 29.4 Å². The molecule has 0 aromatic carbocycles. The van der Waals surface area contributed by atoms with Gasteiger partial charge >= 0.3 is 18.0 Å². The van der Waals surface area contributed by atoms with Gasteiger partial charge in [-0.3, -0.25) is 19.2 Å². The fourth-order valence-electron chi connectivity index (χ4n) is 2.62. The van der Waals surface area contributed by atoms with Crippen LogP contribution in [0.5, 0.6) is 0 Å². The van der Waals surface area contributed by atoms with Crippen LogP contribution in [0, 0.1) is 5.92 Å². The lowest BCUT2D eigenvalue weighted by molar-refractivity contribution is -0.180. The number of primary amides is 1. The largest absolute Gasteiger partial charge is 0.480 e. The molecule has 2 unspecified atom stereocenters. The Morgan fingerprint density at radius 2 is 1.55 bits per heavy atom. The molecule has 0 aromatic heterocycles. The van der Waals surface area contributed by atoms with Crippen LogP contribution in [0.15, 0.2) is 12.2 Å². The second-order valence-electron chi connectivity index (χ2n) is 7.33. The van der Waals surface area contributed by atoms with Crippen molar-refractivity contribution in [3.63, 3.8) is 0 Å². The summed E-state index contributed by atoms with van der Waals surface area (Å²) in [5.41, 5.74) is 20.6. The zero-order valence-electron chi connectivity index (χ0n) is 18.3. The number of hydrazine groups is 1. The summed E-state index contributed by atoms with van der Waals surface area (Å²) < 4.78 is 0. The van der Waals surface area contributed by atoms with Crippen LogP contribution in [0.4, 0.5) is 4.79 Å². The van der Waals surface area contributed by atoms with E-state index in [1.807, 2.05) is 0 Å². The van der Waals surface area contributed by atoms with Gasteiger partial charge in [-0.15, -0.1) is 0 Å². The minimum Gasteiger partial charge on any atom is -0.480 e. The molecule has 5 amide bonds. The average molecular weight is 473 g/mol. The minimum absolute atomic E-state index is 0.329. The van der Waals surface area contributed by atoms with Crippen molar-refractivity contribution in [1.29, 1.82) is 0 Å². The Hall–Kier alpha value is -3.56. The lowest BCUT2D eigenvalue weighted by Gasteiger charge is -2.36. The number of amides is 5. The maximum Gasteiger partial charge on any atom is 0.328 e. The van der Waals surface area contributed by atoms with E-state index in [4.69, 9.17) is 28.0 Å². The molecule has 11 N–H and O–H groups in total. The smallest absolute Gasteiger partial charge is 0.328 e. The summed E-state index contributed by atoms with van der Waals surface area (Å²) in [6, 6.07) is -2.86. The van der Waals surface area contributed by atoms with E-state index in [-0.39, 0.29) is 0 Å². The summed E-state index contributed by atoms with van der Waals surface area (Å²) in [7, 11) is 0. The normalized spacial score (nSPS) is 14.6. The molecular weight excluding hydrogens is 442 g/mol. The molecule has 1 heterocycles. The fraction of sp³-hybridized carbons (Fsp3) is 0.556. The topological polar surface area (TPSA) is 265 Å². The molecule has 15 nitrogen and oxygen atoms in total. The van der Waals surface area contributed by atoms with Crippen LogP contribution in [-0.4, -0.2) is 80.7 Å². The molecular formula is C18H31N7O8. The SMILES string of the molecule is CC(C)C(C(=O)O)N(C(=O)CC(N)N)N1C(=O)C=CC1=O.NC(=O)NCCCC(N)C(=O)O. The number of carbonyl (C=O) groups excluding carboxylic acids is 4. The maximum atomic E-state index is 12.2. The molecule has 2 atom stereocenters. The van der Waals surface area contributed by atoms with E-state index >= 15 is 0 Å². The van der Waals surface area contributed by atoms with Crippen LogP contribution in [0.1, 0.15) is 33.1 Å². The Balaban J connectivity index is 0.000000728. The summed E-state index contributed by atoms with van der Waals surface area (Å²) in [6.07, 6.45) is 1.34. The summed E-state index contributed by atoms with van der Waals surface area (Å²) in [5.74, 6) is -5.29. The van der Waals surface area contributed by atoms with Crippen molar-refractivity contribution in [3.05, 3.63) is 12.2 Å². The van der Waals surface area contributed by atoms with Gasteiger partial charge in [-0.05, 0) is 18.8 Å². The highest BCUT2D eigenvalue weighted by molar-refractivity contribution is 6.13. The second kappa shape index (κ2) is 13.8. The monoisotopic (exact) mass is 473 g/mol. The number of hydrogen-bond donors (Lipinski definition) is 7. The number of hydrogen-bond acceptors (Lipinski definition) is 9. The number of aliphatic carboxylic acids is 2. The lowest BCUT2D eigenvalue weighted by Crippen LogP contribution is -2.59. The molecule has 0 spiro atoms. The lowest BCUT2D eigenvalue weighted by atomic mass is 10.0. The Labute approximate surface area is 189 Å². The molecule has 0 saturated heterocycles.